The van der Waals surface area contributed by atoms with Crippen molar-refractivity contribution in [2.45, 2.75) is 45.8 Å². The van der Waals surface area contributed by atoms with Crippen LogP contribution in [0.5, 0.6) is 0 Å². The SMILES string of the molecule is CC(=O)OC(C)(C)C(C)(C)N. The monoisotopic (exact) mass is 159 g/mol. The smallest absolute Gasteiger partial charge is 0.303 e. The molecule has 0 spiro atoms. The van der Waals surface area contributed by atoms with E-state index in [0.29, 0.717) is 0 Å². The van der Waals surface area contributed by atoms with E-state index >= 15 is 0 Å². The molecule has 0 aromatic heterocycles. The maximum absolute atomic E-state index is 10.6. The van der Waals surface area contributed by atoms with Crippen molar-refractivity contribution in [3.05, 3.63) is 0 Å². The van der Waals surface area contributed by atoms with Crippen LogP contribution in [-0.4, -0.2) is 17.1 Å². The molecule has 3 heteroatoms. The second-order valence-electron chi connectivity index (χ2n) is 3.83. The van der Waals surface area contributed by atoms with E-state index in [0.717, 1.165) is 0 Å². The van der Waals surface area contributed by atoms with Crippen LogP contribution < -0.4 is 5.73 Å². The van der Waals surface area contributed by atoms with Crippen molar-refractivity contribution >= 4 is 5.97 Å². The van der Waals surface area contributed by atoms with Crippen LogP contribution in [0.4, 0.5) is 0 Å². The van der Waals surface area contributed by atoms with Crippen molar-refractivity contribution < 1.29 is 9.53 Å². The summed E-state index contributed by atoms with van der Waals surface area (Å²) < 4.78 is 5.04. The fourth-order valence-corrected chi connectivity index (χ4v) is 0.491. The van der Waals surface area contributed by atoms with Crippen LogP contribution in [0.3, 0.4) is 0 Å². The maximum atomic E-state index is 10.6. The molecule has 0 rings (SSSR count). The highest BCUT2D eigenvalue weighted by Crippen LogP contribution is 2.22. The molecule has 0 fully saturated rings. The van der Waals surface area contributed by atoms with Crippen LogP contribution in [0, 0.1) is 0 Å². The van der Waals surface area contributed by atoms with Gasteiger partial charge in [-0.15, -0.1) is 0 Å². The van der Waals surface area contributed by atoms with Gasteiger partial charge in [-0.3, -0.25) is 4.79 Å². The minimum atomic E-state index is -0.612. The number of carbonyl (C=O) groups excluding carboxylic acids is 1. The van der Waals surface area contributed by atoms with Crippen molar-refractivity contribution in [2.24, 2.45) is 5.73 Å². The Bertz CT molecular complexity index is 156. The lowest BCUT2D eigenvalue weighted by Gasteiger charge is -2.37. The highest BCUT2D eigenvalue weighted by molar-refractivity contribution is 5.66. The molecule has 0 amide bonds. The average Bonchev–Trinajstić information content (AvgIpc) is 1.56. The molecule has 11 heavy (non-hydrogen) atoms. The van der Waals surface area contributed by atoms with E-state index in [1.165, 1.54) is 6.92 Å². The van der Waals surface area contributed by atoms with Crippen LogP contribution in [-0.2, 0) is 9.53 Å². The van der Waals surface area contributed by atoms with E-state index in [1.807, 2.05) is 13.8 Å². The Morgan fingerprint density at radius 2 is 1.64 bits per heavy atom. The van der Waals surface area contributed by atoms with Crippen LogP contribution in [0.15, 0.2) is 0 Å². The minimum absolute atomic E-state index is 0.298. The van der Waals surface area contributed by atoms with Gasteiger partial charge in [0.1, 0.15) is 5.60 Å². The molecule has 0 aliphatic carbocycles. The molecule has 0 saturated carbocycles. The first-order chi connectivity index (χ1) is 4.67. The van der Waals surface area contributed by atoms with Gasteiger partial charge in [0.05, 0.1) is 0 Å². The minimum Gasteiger partial charge on any atom is -0.458 e. The third-order valence-corrected chi connectivity index (χ3v) is 1.95. The van der Waals surface area contributed by atoms with E-state index in [9.17, 15) is 4.79 Å². The summed E-state index contributed by atoms with van der Waals surface area (Å²) in [6.07, 6.45) is 0. The predicted molar refractivity (Wildman–Crippen MR) is 44.1 cm³/mol. The second kappa shape index (κ2) is 2.81. The van der Waals surface area contributed by atoms with Crippen LogP contribution in [0.1, 0.15) is 34.6 Å². The lowest BCUT2D eigenvalue weighted by atomic mass is 9.87. The first kappa shape index (κ1) is 10.4. The maximum Gasteiger partial charge on any atom is 0.303 e. The summed E-state index contributed by atoms with van der Waals surface area (Å²) in [4.78, 5) is 10.6. The summed E-state index contributed by atoms with van der Waals surface area (Å²) in [5.41, 5.74) is 4.66. The fourth-order valence-electron chi connectivity index (χ4n) is 0.491. The molecule has 0 radical (unpaired) electrons. The van der Waals surface area contributed by atoms with E-state index in [1.54, 1.807) is 13.8 Å². The lowest BCUT2D eigenvalue weighted by Crippen LogP contribution is -2.54. The zero-order valence-corrected chi connectivity index (χ0v) is 7.89. The fraction of sp³-hybridized carbons (Fsp3) is 0.875. The van der Waals surface area contributed by atoms with Gasteiger partial charge in [-0.1, -0.05) is 0 Å². The Balaban J connectivity index is 4.34. The Labute approximate surface area is 67.9 Å². The molecule has 0 aromatic rings. The summed E-state index contributed by atoms with van der Waals surface area (Å²) in [5, 5.41) is 0. The molecule has 0 aliphatic heterocycles. The van der Waals surface area contributed by atoms with Gasteiger partial charge in [-0.25, -0.2) is 0 Å². The summed E-state index contributed by atoms with van der Waals surface area (Å²) in [6, 6.07) is 0. The zero-order valence-electron chi connectivity index (χ0n) is 7.89. The average molecular weight is 159 g/mol. The van der Waals surface area contributed by atoms with Crippen LogP contribution in [0.2, 0.25) is 0 Å². The Morgan fingerprint density at radius 3 is 1.73 bits per heavy atom. The number of hydrogen-bond donors (Lipinski definition) is 1. The molecule has 0 saturated heterocycles. The number of carbonyl (C=O) groups is 1. The molecular formula is C8H17NO2. The van der Waals surface area contributed by atoms with Crippen LogP contribution >= 0.6 is 0 Å². The Hall–Kier alpha value is -0.570. The topological polar surface area (TPSA) is 52.3 Å². The summed E-state index contributed by atoms with van der Waals surface area (Å²) in [7, 11) is 0. The van der Waals surface area contributed by atoms with Crippen molar-refractivity contribution in [1.82, 2.24) is 0 Å². The highest BCUT2D eigenvalue weighted by Gasteiger charge is 2.36. The quantitative estimate of drug-likeness (QED) is 0.613. The largest absolute Gasteiger partial charge is 0.458 e. The Morgan fingerprint density at radius 1 is 1.27 bits per heavy atom. The molecule has 0 unspecified atom stereocenters. The number of hydrogen-bond acceptors (Lipinski definition) is 3. The molecule has 0 aliphatic rings. The number of rotatable bonds is 2. The second-order valence-corrected chi connectivity index (χ2v) is 3.83. The van der Waals surface area contributed by atoms with Gasteiger partial charge in [0, 0.05) is 12.5 Å². The van der Waals surface area contributed by atoms with Crippen molar-refractivity contribution in [3.8, 4) is 0 Å². The molecule has 0 heterocycles. The van der Waals surface area contributed by atoms with E-state index < -0.39 is 11.1 Å². The summed E-state index contributed by atoms with van der Waals surface area (Å²) >= 11 is 0. The highest BCUT2D eigenvalue weighted by atomic mass is 16.6. The third kappa shape index (κ3) is 2.89. The molecule has 66 valence electrons. The van der Waals surface area contributed by atoms with Gasteiger partial charge in [0.15, 0.2) is 0 Å². The van der Waals surface area contributed by atoms with Gasteiger partial charge in [0.2, 0.25) is 0 Å². The first-order valence-electron chi connectivity index (χ1n) is 3.65. The first-order valence-corrected chi connectivity index (χ1v) is 3.65. The summed E-state index contributed by atoms with van der Waals surface area (Å²) in [6.45, 7) is 8.64. The number of ether oxygens (including phenoxy) is 1. The standard InChI is InChI=1S/C8H17NO2/c1-6(10)11-8(4,5)7(2,3)9/h9H2,1-5H3. The van der Waals surface area contributed by atoms with Crippen molar-refractivity contribution in [3.63, 3.8) is 0 Å². The van der Waals surface area contributed by atoms with Crippen molar-refractivity contribution in [1.29, 1.82) is 0 Å². The van der Waals surface area contributed by atoms with Gasteiger partial charge in [0.25, 0.3) is 0 Å². The molecule has 0 aromatic carbocycles. The molecule has 3 nitrogen and oxygen atoms in total. The lowest BCUT2D eigenvalue weighted by molar-refractivity contribution is -0.159. The van der Waals surface area contributed by atoms with Gasteiger partial charge < -0.3 is 10.5 Å². The van der Waals surface area contributed by atoms with Crippen LogP contribution in [0.25, 0.3) is 0 Å². The molecule has 0 atom stereocenters. The van der Waals surface area contributed by atoms with E-state index in [2.05, 4.69) is 0 Å². The van der Waals surface area contributed by atoms with E-state index in [4.69, 9.17) is 10.5 Å². The predicted octanol–water partition coefficient (Wildman–Crippen LogP) is 1.07. The van der Waals surface area contributed by atoms with E-state index in [-0.39, 0.29) is 5.97 Å². The van der Waals surface area contributed by atoms with Gasteiger partial charge >= 0.3 is 5.97 Å². The zero-order chi connectivity index (χ0) is 9.28. The molecule has 2 N–H and O–H groups in total. The third-order valence-electron chi connectivity index (χ3n) is 1.95. The normalized spacial score (nSPS) is 12.9. The molecular weight excluding hydrogens is 142 g/mol. The molecule has 0 bridgehead atoms. The van der Waals surface area contributed by atoms with Gasteiger partial charge in [-0.05, 0) is 27.7 Å². The van der Waals surface area contributed by atoms with Gasteiger partial charge in [-0.2, -0.15) is 0 Å². The number of nitrogens with two attached hydrogens (primary N) is 1. The Kier molecular flexibility index (Phi) is 2.67. The van der Waals surface area contributed by atoms with Crippen molar-refractivity contribution in [2.75, 3.05) is 0 Å². The number of esters is 1. The summed E-state index contributed by atoms with van der Waals surface area (Å²) in [5.74, 6) is -0.298.